The molecule has 1 aromatic rings. The zero-order chi connectivity index (χ0) is 20.9. The Balaban J connectivity index is 1.32. The Labute approximate surface area is 175 Å². The number of nitrogens with one attached hydrogen (secondary N) is 1. The number of aromatic nitrogens is 1. The van der Waals surface area contributed by atoms with Gasteiger partial charge in [-0.15, -0.1) is 0 Å². The molecule has 4 aliphatic heterocycles. The summed E-state index contributed by atoms with van der Waals surface area (Å²) in [6.45, 7) is 4.04. The summed E-state index contributed by atoms with van der Waals surface area (Å²) < 4.78 is 29.0. The van der Waals surface area contributed by atoms with Crippen LogP contribution in [0.5, 0.6) is 0 Å². The molecule has 4 aliphatic rings. The van der Waals surface area contributed by atoms with E-state index >= 15 is 0 Å². The largest absolute Gasteiger partial charge is 0.340 e. The summed E-state index contributed by atoms with van der Waals surface area (Å²) in [5.41, 5.74) is 1.94. The van der Waals surface area contributed by atoms with Crippen molar-refractivity contribution in [3.8, 4) is 0 Å². The van der Waals surface area contributed by atoms with Gasteiger partial charge in [0.05, 0.1) is 12.6 Å². The molecule has 0 aliphatic carbocycles. The summed E-state index contributed by atoms with van der Waals surface area (Å²) in [5.74, 6) is -2.74. The molecule has 1 aromatic heterocycles. The second-order valence-corrected chi connectivity index (χ2v) is 9.57. The van der Waals surface area contributed by atoms with E-state index in [0.29, 0.717) is 26.2 Å². The van der Waals surface area contributed by atoms with Gasteiger partial charge in [0, 0.05) is 49.8 Å². The van der Waals surface area contributed by atoms with Gasteiger partial charge in [-0.05, 0) is 44.3 Å². The zero-order valence-electron chi connectivity index (χ0n) is 17.3. The first-order chi connectivity index (χ1) is 14.4. The topological polar surface area (TPSA) is 57.6 Å². The molecule has 30 heavy (non-hydrogen) atoms. The number of rotatable bonds is 3. The fourth-order valence-corrected chi connectivity index (χ4v) is 5.76. The second kappa shape index (κ2) is 7.71. The molecular weight excluding hydrogens is 390 g/mol. The highest BCUT2D eigenvalue weighted by molar-refractivity contribution is 5.82. The summed E-state index contributed by atoms with van der Waals surface area (Å²) in [4.78, 5) is 30.1. The highest BCUT2D eigenvalue weighted by Crippen LogP contribution is 2.36. The summed E-state index contributed by atoms with van der Waals surface area (Å²) in [7, 11) is 0. The van der Waals surface area contributed by atoms with Crippen molar-refractivity contribution < 1.29 is 13.6 Å². The molecule has 1 N–H and O–H groups in total. The van der Waals surface area contributed by atoms with Gasteiger partial charge in [-0.2, -0.15) is 0 Å². The van der Waals surface area contributed by atoms with Gasteiger partial charge < -0.3 is 9.47 Å². The Morgan fingerprint density at radius 2 is 1.93 bits per heavy atom. The molecule has 5 heterocycles. The first-order valence-electron chi connectivity index (χ1n) is 11.2. The van der Waals surface area contributed by atoms with Gasteiger partial charge in [0.25, 0.3) is 11.5 Å². The summed E-state index contributed by atoms with van der Waals surface area (Å²) in [6, 6.07) is 3.22. The average Bonchev–Trinajstić information content (AvgIpc) is 3.10. The van der Waals surface area contributed by atoms with E-state index in [4.69, 9.17) is 0 Å². The van der Waals surface area contributed by atoms with Crippen LogP contribution >= 0.6 is 0 Å². The predicted molar refractivity (Wildman–Crippen MR) is 109 cm³/mol. The molecule has 2 bridgehead atoms. The fourth-order valence-electron chi connectivity index (χ4n) is 5.76. The van der Waals surface area contributed by atoms with Crippen LogP contribution in [0, 0.1) is 5.92 Å². The highest BCUT2D eigenvalue weighted by Gasteiger charge is 2.45. The number of carbonyl (C=O) groups excluding carboxylic acids is 1. The van der Waals surface area contributed by atoms with Crippen molar-refractivity contribution in [1.29, 1.82) is 0 Å². The Hall–Kier alpha value is -1.80. The van der Waals surface area contributed by atoms with E-state index in [1.165, 1.54) is 19.3 Å². The van der Waals surface area contributed by atoms with Gasteiger partial charge >= 0.3 is 0 Å². The Morgan fingerprint density at radius 1 is 1.13 bits per heavy atom. The van der Waals surface area contributed by atoms with Crippen LogP contribution < -0.4 is 10.9 Å². The standard InChI is InChI=1S/C22H30F2N4O2/c23-22(24)9-18(25-14-22)21(30)27-10-15-8-17(13-27)19-5-4-16(20(29)28(19)11-15)12-26-6-2-1-3-7-26/h4-5,15,17-18,25H,1-3,6-14H2/t15-,17+,18-/m0/s1. The third-order valence-corrected chi connectivity index (χ3v) is 7.25. The van der Waals surface area contributed by atoms with E-state index in [9.17, 15) is 18.4 Å². The van der Waals surface area contributed by atoms with Gasteiger partial charge in [0.2, 0.25) is 5.91 Å². The van der Waals surface area contributed by atoms with E-state index in [2.05, 4.69) is 16.3 Å². The molecular formula is C22H30F2N4O2. The van der Waals surface area contributed by atoms with Crippen LogP contribution in [-0.2, 0) is 17.9 Å². The van der Waals surface area contributed by atoms with Crippen molar-refractivity contribution in [2.75, 3.05) is 32.7 Å². The minimum Gasteiger partial charge on any atom is -0.340 e. The lowest BCUT2D eigenvalue weighted by Gasteiger charge is -2.43. The van der Waals surface area contributed by atoms with Crippen molar-refractivity contribution in [2.24, 2.45) is 5.92 Å². The molecule has 0 aromatic carbocycles. The molecule has 164 valence electrons. The Morgan fingerprint density at radius 3 is 2.67 bits per heavy atom. The van der Waals surface area contributed by atoms with Crippen LogP contribution in [0.3, 0.4) is 0 Å². The van der Waals surface area contributed by atoms with E-state index in [1.807, 2.05) is 10.6 Å². The van der Waals surface area contributed by atoms with E-state index < -0.39 is 24.9 Å². The first kappa shape index (κ1) is 20.1. The molecule has 1 amide bonds. The van der Waals surface area contributed by atoms with Crippen molar-refractivity contribution >= 4 is 5.91 Å². The van der Waals surface area contributed by atoms with Crippen molar-refractivity contribution in [2.45, 2.75) is 63.1 Å². The number of hydrogen-bond acceptors (Lipinski definition) is 4. The minimum absolute atomic E-state index is 0.0973. The fraction of sp³-hybridized carbons (Fsp3) is 0.727. The van der Waals surface area contributed by atoms with Crippen molar-refractivity contribution in [1.82, 2.24) is 19.7 Å². The maximum atomic E-state index is 13.5. The van der Waals surface area contributed by atoms with Crippen LogP contribution in [0.1, 0.15) is 49.3 Å². The molecule has 0 unspecified atom stereocenters. The molecule has 8 heteroatoms. The number of likely N-dealkylation sites (tertiary alicyclic amines) is 2. The van der Waals surface area contributed by atoms with Crippen LogP contribution in [0.2, 0.25) is 0 Å². The maximum absolute atomic E-state index is 13.5. The van der Waals surface area contributed by atoms with Crippen LogP contribution in [-0.4, -0.2) is 65.0 Å². The lowest BCUT2D eigenvalue weighted by Crippen LogP contribution is -2.53. The SMILES string of the molecule is O=C([C@@H]1CC(F)(F)CN1)N1C[C@@H]2C[C@H](C1)c1ccc(CN3CCCCC3)c(=O)n1C2. The van der Waals surface area contributed by atoms with Crippen molar-refractivity contribution in [3.05, 3.63) is 33.7 Å². The smallest absolute Gasteiger partial charge is 0.262 e. The lowest BCUT2D eigenvalue weighted by atomic mass is 9.82. The lowest BCUT2D eigenvalue weighted by molar-refractivity contribution is -0.136. The highest BCUT2D eigenvalue weighted by atomic mass is 19.3. The summed E-state index contributed by atoms with van der Waals surface area (Å²) in [6.07, 6.45) is 4.19. The average molecular weight is 421 g/mol. The number of carbonyl (C=O) groups is 1. The van der Waals surface area contributed by atoms with E-state index in [0.717, 1.165) is 30.8 Å². The van der Waals surface area contributed by atoms with Gasteiger partial charge in [-0.1, -0.05) is 12.5 Å². The molecule has 0 spiro atoms. The monoisotopic (exact) mass is 420 g/mol. The zero-order valence-corrected chi connectivity index (χ0v) is 17.3. The molecule has 5 rings (SSSR count). The van der Waals surface area contributed by atoms with Crippen LogP contribution in [0.4, 0.5) is 8.78 Å². The second-order valence-electron chi connectivity index (χ2n) is 9.57. The number of hydrogen-bond donors (Lipinski definition) is 1. The van der Waals surface area contributed by atoms with Crippen molar-refractivity contribution in [3.63, 3.8) is 0 Å². The normalized spacial score (nSPS) is 30.9. The van der Waals surface area contributed by atoms with E-state index in [1.54, 1.807) is 4.90 Å². The van der Waals surface area contributed by atoms with Gasteiger partial charge in [-0.25, -0.2) is 8.78 Å². The Kier molecular flexibility index (Phi) is 5.17. The Bertz CT molecular complexity index is 880. The number of piperidine rings is 2. The number of fused-ring (bicyclic) bond motifs is 4. The molecule has 0 radical (unpaired) electrons. The van der Waals surface area contributed by atoms with Gasteiger partial charge in [0.1, 0.15) is 0 Å². The number of alkyl halides is 2. The van der Waals surface area contributed by atoms with E-state index in [-0.39, 0.29) is 23.3 Å². The molecule has 3 atom stereocenters. The quantitative estimate of drug-likeness (QED) is 0.810. The predicted octanol–water partition coefficient (Wildman–Crippen LogP) is 1.78. The number of halogens is 2. The maximum Gasteiger partial charge on any atom is 0.262 e. The summed E-state index contributed by atoms with van der Waals surface area (Å²) in [5, 5.41) is 2.68. The number of nitrogens with zero attached hydrogens (tertiary/aromatic N) is 3. The molecule has 0 saturated carbocycles. The molecule has 3 fully saturated rings. The minimum atomic E-state index is -2.81. The summed E-state index contributed by atoms with van der Waals surface area (Å²) >= 11 is 0. The molecule has 3 saturated heterocycles. The third-order valence-electron chi connectivity index (χ3n) is 7.25. The van der Waals surface area contributed by atoms with Gasteiger partial charge in [-0.3, -0.25) is 19.8 Å². The first-order valence-corrected chi connectivity index (χ1v) is 11.2. The van der Waals surface area contributed by atoms with Crippen LogP contribution in [0.15, 0.2) is 16.9 Å². The number of amides is 1. The number of pyridine rings is 1. The van der Waals surface area contributed by atoms with Gasteiger partial charge in [0.15, 0.2) is 0 Å². The molecule has 6 nitrogen and oxygen atoms in total. The third kappa shape index (κ3) is 3.80. The van der Waals surface area contributed by atoms with Crippen LogP contribution in [0.25, 0.3) is 0 Å².